The largest absolute Gasteiger partial charge is 0.492 e. The zero-order valence-corrected chi connectivity index (χ0v) is 21.0. The van der Waals surface area contributed by atoms with Gasteiger partial charge < -0.3 is 10.1 Å². The minimum Gasteiger partial charge on any atom is -0.492 e. The highest BCUT2D eigenvalue weighted by Gasteiger charge is 2.29. The van der Waals surface area contributed by atoms with Crippen LogP contribution in [0.15, 0.2) is 51.8 Å². The fourth-order valence-corrected chi connectivity index (χ4v) is 5.72. The normalized spacial score (nSPS) is 15.0. The van der Waals surface area contributed by atoms with Crippen molar-refractivity contribution >= 4 is 37.5 Å². The maximum absolute atomic E-state index is 13.0. The molecule has 1 aliphatic rings. The molecule has 2 aromatic carbocycles. The Morgan fingerprint density at radius 1 is 1.12 bits per heavy atom. The Morgan fingerprint density at radius 3 is 2.44 bits per heavy atom. The molecule has 0 bridgehead atoms. The maximum atomic E-state index is 13.0. The number of nitrogens with one attached hydrogen (secondary N) is 1. The molecule has 0 heterocycles. The molecule has 2 aromatic rings. The number of anilines is 1. The average molecular weight is 523 g/mol. The number of carbonyl (C=O) groups is 1. The topological polar surface area (TPSA) is 75.7 Å². The molecule has 1 N–H and O–H groups in total. The maximum Gasteiger partial charge on any atom is 0.255 e. The van der Waals surface area contributed by atoms with Gasteiger partial charge in [-0.25, -0.2) is 8.42 Å². The van der Waals surface area contributed by atoms with E-state index in [2.05, 4.69) is 28.2 Å². The number of amides is 1. The van der Waals surface area contributed by atoms with Crippen LogP contribution in [0.3, 0.4) is 0 Å². The SMILES string of the molecule is CCCCOc1ccc(C(=O)Nc2ccc(S(=O)(=O)N(C)C3CCCCC3)cc2)cc1Br. The summed E-state index contributed by atoms with van der Waals surface area (Å²) >= 11 is 3.45. The lowest BCUT2D eigenvalue weighted by molar-refractivity contribution is 0.102. The Labute approximate surface area is 199 Å². The van der Waals surface area contributed by atoms with E-state index >= 15 is 0 Å². The third kappa shape index (κ3) is 6.11. The Morgan fingerprint density at radius 2 is 1.81 bits per heavy atom. The zero-order chi connectivity index (χ0) is 23.1. The van der Waals surface area contributed by atoms with Gasteiger partial charge >= 0.3 is 0 Å². The summed E-state index contributed by atoms with van der Waals surface area (Å²) < 4.78 is 33.9. The first kappa shape index (κ1) is 24.7. The van der Waals surface area contributed by atoms with Gasteiger partial charge in [-0.15, -0.1) is 0 Å². The molecule has 32 heavy (non-hydrogen) atoms. The average Bonchev–Trinajstić information content (AvgIpc) is 2.80. The van der Waals surface area contributed by atoms with E-state index in [1.54, 1.807) is 49.5 Å². The molecular weight excluding hydrogens is 492 g/mol. The lowest BCUT2D eigenvalue weighted by Crippen LogP contribution is -2.38. The van der Waals surface area contributed by atoms with Crippen molar-refractivity contribution in [3.8, 4) is 5.75 Å². The highest BCUT2D eigenvalue weighted by Crippen LogP contribution is 2.28. The fraction of sp³-hybridized carbons (Fsp3) is 0.458. The van der Waals surface area contributed by atoms with Gasteiger partial charge in [0.2, 0.25) is 10.0 Å². The molecular formula is C24H31BrN2O4S. The van der Waals surface area contributed by atoms with Crippen molar-refractivity contribution in [2.45, 2.75) is 62.8 Å². The number of unbranched alkanes of at least 4 members (excludes halogenated alkanes) is 1. The minimum absolute atomic E-state index is 0.0560. The molecule has 174 valence electrons. The van der Waals surface area contributed by atoms with Crippen LogP contribution in [0.4, 0.5) is 5.69 Å². The molecule has 8 heteroatoms. The van der Waals surface area contributed by atoms with E-state index in [0.717, 1.165) is 38.5 Å². The highest BCUT2D eigenvalue weighted by molar-refractivity contribution is 9.10. The van der Waals surface area contributed by atoms with E-state index in [1.807, 2.05) is 0 Å². The molecule has 1 aliphatic carbocycles. The standard InChI is InChI=1S/C24H31BrN2O4S/c1-3-4-16-31-23-15-10-18(17-22(23)25)24(28)26-19-11-13-21(14-12-19)32(29,30)27(2)20-8-6-5-7-9-20/h10-15,17,20H,3-9,16H2,1-2H3,(H,26,28). The molecule has 0 aromatic heterocycles. The van der Waals surface area contributed by atoms with E-state index in [9.17, 15) is 13.2 Å². The van der Waals surface area contributed by atoms with Crippen molar-refractivity contribution in [1.29, 1.82) is 0 Å². The highest BCUT2D eigenvalue weighted by atomic mass is 79.9. The Hall–Kier alpha value is -1.90. The second-order valence-corrected chi connectivity index (χ2v) is 11.0. The van der Waals surface area contributed by atoms with Gasteiger partial charge in [-0.2, -0.15) is 4.31 Å². The number of ether oxygens (including phenoxy) is 1. The summed E-state index contributed by atoms with van der Waals surface area (Å²) in [7, 11) is -1.89. The monoisotopic (exact) mass is 522 g/mol. The lowest BCUT2D eigenvalue weighted by Gasteiger charge is -2.30. The number of carbonyl (C=O) groups excluding carboxylic acids is 1. The van der Waals surface area contributed by atoms with Crippen LogP contribution in [0.25, 0.3) is 0 Å². The summed E-state index contributed by atoms with van der Waals surface area (Å²) in [4.78, 5) is 12.9. The third-order valence-electron chi connectivity index (χ3n) is 5.83. The van der Waals surface area contributed by atoms with Crippen molar-refractivity contribution < 1.29 is 17.9 Å². The van der Waals surface area contributed by atoms with Crippen molar-refractivity contribution in [2.75, 3.05) is 19.0 Å². The summed E-state index contributed by atoms with van der Waals surface area (Å²) in [6.45, 7) is 2.73. The fourth-order valence-electron chi connectivity index (χ4n) is 3.81. The van der Waals surface area contributed by atoms with Crippen LogP contribution in [0.5, 0.6) is 5.75 Å². The van der Waals surface area contributed by atoms with E-state index in [4.69, 9.17) is 4.74 Å². The smallest absolute Gasteiger partial charge is 0.255 e. The number of halogens is 1. The number of nitrogens with zero attached hydrogens (tertiary/aromatic N) is 1. The van der Waals surface area contributed by atoms with Crippen LogP contribution in [-0.2, 0) is 10.0 Å². The van der Waals surface area contributed by atoms with Crippen LogP contribution < -0.4 is 10.1 Å². The number of hydrogen-bond acceptors (Lipinski definition) is 4. The van der Waals surface area contributed by atoms with Gasteiger partial charge in [-0.1, -0.05) is 32.6 Å². The van der Waals surface area contributed by atoms with Crippen molar-refractivity contribution in [3.63, 3.8) is 0 Å². The molecule has 1 fully saturated rings. The summed E-state index contributed by atoms with van der Waals surface area (Å²) in [5.74, 6) is 0.424. The summed E-state index contributed by atoms with van der Waals surface area (Å²) in [5, 5.41) is 2.82. The summed E-state index contributed by atoms with van der Waals surface area (Å²) in [6.07, 6.45) is 7.13. The Balaban J connectivity index is 1.65. The Bertz CT molecular complexity index is 1020. The summed E-state index contributed by atoms with van der Waals surface area (Å²) in [6, 6.07) is 11.6. The predicted octanol–water partition coefficient (Wildman–Crippen LogP) is 5.83. The minimum atomic E-state index is -3.56. The quantitative estimate of drug-likeness (QED) is 0.420. The predicted molar refractivity (Wildman–Crippen MR) is 131 cm³/mol. The third-order valence-corrected chi connectivity index (χ3v) is 8.37. The molecule has 1 saturated carbocycles. The molecule has 0 saturated heterocycles. The van der Waals surface area contributed by atoms with E-state index in [-0.39, 0.29) is 16.8 Å². The Kier molecular flexibility index (Phi) is 8.73. The van der Waals surface area contributed by atoms with E-state index in [1.165, 1.54) is 10.7 Å². The molecule has 0 atom stereocenters. The molecule has 1 amide bonds. The van der Waals surface area contributed by atoms with Gasteiger partial charge in [-0.3, -0.25) is 4.79 Å². The van der Waals surface area contributed by atoms with Gasteiger partial charge in [0.25, 0.3) is 5.91 Å². The van der Waals surface area contributed by atoms with E-state index < -0.39 is 10.0 Å². The second-order valence-electron chi connectivity index (χ2n) is 8.14. The molecule has 6 nitrogen and oxygen atoms in total. The number of hydrogen-bond donors (Lipinski definition) is 1. The van der Waals surface area contributed by atoms with Crippen molar-refractivity contribution in [3.05, 3.63) is 52.5 Å². The molecule has 3 rings (SSSR count). The van der Waals surface area contributed by atoms with Gasteiger partial charge in [0.1, 0.15) is 5.75 Å². The first-order valence-corrected chi connectivity index (χ1v) is 13.4. The first-order chi connectivity index (χ1) is 15.3. The zero-order valence-electron chi connectivity index (χ0n) is 18.6. The van der Waals surface area contributed by atoms with E-state index in [0.29, 0.717) is 28.1 Å². The summed E-state index contributed by atoms with van der Waals surface area (Å²) in [5.41, 5.74) is 1.02. The first-order valence-electron chi connectivity index (χ1n) is 11.1. The molecule has 0 spiro atoms. The van der Waals surface area contributed by atoms with Gasteiger partial charge in [0.05, 0.1) is 16.0 Å². The van der Waals surface area contributed by atoms with Gasteiger partial charge in [0.15, 0.2) is 0 Å². The van der Waals surface area contributed by atoms with Crippen molar-refractivity contribution in [2.24, 2.45) is 0 Å². The van der Waals surface area contributed by atoms with Crippen LogP contribution in [0, 0.1) is 0 Å². The van der Waals surface area contributed by atoms with Crippen molar-refractivity contribution in [1.82, 2.24) is 4.31 Å². The number of benzene rings is 2. The van der Waals surface area contributed by atoms with Crippen LogP contribution in [0.2, 0.25) is 0 Å². The van der Waals surface area contributed by atoms with Crippen LogP contribution >= 0.6 is 15.9 Å². The number of rotatable bonds is 9. The second kappa shape index (κ2) is 11.3. The lowest BCUT2D eigenvalue weighted by atomic mass is 9.96. The van der Waals surface area contributed by atoms with Crippen LogP contribution in [0.1, 0.15) is 62.2 Å². The molecule has 0 unspecified atom stereocenters. The molecule has 0 radical (unpaired) electrons. The molecule has 0 aliphatic heterocycles. The van der Waals surface area contributed by atoms with Gasteiger partial charge in [-0.05, 0) is 77.7 Å². The number of sulfonamides is 1. The van der Waals surface area contributed by atoms with Gasteiger partial charge in [0, 0.05) is 24.3 Å². The van der Waals surface area contributed by atoms with Crippen LogP contribution in [-0.4, -0.2) is 38.3 Å².